The number of fused-ring (bicyclic) bond motifs is 1. The van der Waals surface area contributed by atoms with Crippen LogP contribution in [0.1, 0.15) is 6.42 Å². The summed E-state index contributed by atoms with van der Waals surface area (Å²) in [4.78, 5) is 18.7. The Balaban J connectivity index is 1.89. The summed E-state index contributed by atoms with van der Waals surface area (Å²) in [5.41, 5.74) is 0.881. The van der Waals surface area contributed by atoms with Gasteiger partial charge in [-0.3, -0.25) is 9.69 Å². The second-order valence-electron chi connectivity index (χ2n) is 4.96. The van der Waals surface area contributed by atoms with Crippen LogP contribution in [0.5, 0.6) is 0 Å². The van der Waals surface area contributed by atoms with Crippen LogP contribution >= 0.6 is 34.5 Å². The highest BCUT2D eigenvalue weighted by molar-refractivity contribution is 7.22. The maximum Gasteiger partial charge on any atom is 0.235 e. The van der Waals surface area contributed by atoms with Crippen LogP contribution in [0.25, 0.3) is 10.2 Å². The zero-order valence-electron chi connectivity index (χ0n) is 11.4. The van der Waals surface area contributed by atoms with Gasteiger partial charge in [0.05, 0.1) is 29.3 Å². The zero-order valence-corrected chi connectivity index (χ0v) is 13.7. The summed E-state index contributed by atoms with van der Waals surface area (Å²) >= 11 is 13.5. The first kappa shape index (κ1) is 15.0. The first-order valence-corrected chi connectivity index (χ1v) is 8.14. The zero-order chi connectivity index (χ0) is 15.0. The lowest BCUT2D eigenvalue weighted by molar-refractivity contribution is -0.119. The molecule has 1 heterocycles. The third-order valence-corrected chi connectivity index (χ3v) is 5.32. The summed E-state index contributed by atoms with van der Waals surface area (Å²) in [5, 5.41) is 0.661. The summed E-state index contributed by atoms with van der Waals surface area (Å²) in [6, 6.07) is 7.80. The van der Waals surface area contributed by atoms with Crippen LogP contribution in [-0.2, 0) is 9.53 Å². The molecule has 0 radical (unpaired) electrons. The molecule has 0 N–H and O–H groups in total. The Hall–Kier alpha value is -0.880. The number of hydrogen-bond donors (Lipinski definition) is 0. The fourth-order valence-corrected chi connectivity index (χ4v) is 3.62. The third kappa shape index (κ3) is 3.01. The predicted octanol–water partition coefficient (Wildman–Crippen LogP) is 3.47. The van der Waals surface area contributed by atoms with Gasteiger partial charge in [-0.15, -0.1) is 23.2 Å². The van der Waals surface area contributed by atoms with Crippen molar-refractivity contribution in [2.75, 3.05) is 25.2 Å². The maximum absolute atomic E-state index is 12.6. The molecule has 1 amide bonds. The molecule has 1 aromatic heterocycles. The van der Waals surface area contributed by atoms with E-state index in [1.807, 2.05) is 24.3 Å². The van der Waals surface area contributed by atoms with Crippen molar-refractivity contribution in [3.8, 4) is 0 Å². The van der Waals surface area contributed by atoms with Gasteiger partial charge in [0.2, 0.25) is 5.91 Å². The average Bonchev–Trinajstić information content (AvgIpc) is 2.91. The third-order valence-electron chi connectivity index (χ3n) is 3.42. The molecule has 0 spiro atoms. The standard InChI is InChI=1S/C14H14Cl2N2O2S/c1-20-7-6-18(12(19)9-8-14(9,15)16)13-17-10-4-2-3-5-11(10)21-13/h2-5,9H,6-8H2,1H3. The smallest absolute Gasteiger partial charge is 0.235 e. The van der Waals surface area contributed by atoms with Gasteiger partial charge in [0.25, 0.3) is 0 Å². The number of carbonyl (C=O) groups is 1. The van der Waals surface area contributed by atoms with Crippen molar-refractivity contribution < 1.29 is 9.53 Å². The van der Waals surface area contributed by atoms with E-state index >= 15 is 0 Å². The summed E-state index contributed by atoms with van der Waals surface area (Å²) < 4.78 is 5.20. The number of methoxy groups -OCH3 is 1. The van der Waals surface area contributed by atoms with E-state index in [9.17, 15) is 4.79 Å². The van der Waals surface area contributed by atoms with E-state index in [2.05, 4.69) is 4.98 Å². The Morgan fingerprint density at radius 3 is 2.86 bits per heavy atom. The van der Waals surface area contributed by atoms with Gasteiger partial charge in [-0.25, -0.2) is 4.98 Å². The monoisotopic (exact) mass is 344 g/mol. The lowest BCUT2D eigenvalue weighted by Crippen LogP contribution is -2.36. The van der Waals surface area contributed by atoms with Crippen LogP contribution in [0.4, 0.5) is 5.13 Å². The Morgan fingerprint density at radius 1 is 1.52 bits per heavy atom. The normalized spacial score (nSPS) is 19.7. The van der Waals surface area contributed by atoms with Gasteiger partial charge in [-0.1, -0.05) is 23.5 Å². The number of amides is 1. The molecule has 0 bridgehead atoms. The van der Waals surface area contributed by atoms with Crippen molar-refractivity contribution in [1.82, 2.24) is 4.98 Å². The second kappa shape index (κ2) is 5.72. The van der Waals surface area contributed by atoms with E-state index < -0.39 is 4.33 Å². The molecule has 2 aromatic rings. The number of halogens is 2. The molecule has 1 unspecified atom stereocenters. The van der Waals surface area contributed by atoms with E-state index in [-0.39, 0.29) is 11.8 Å². The topological polar surface area (TPSA) is 42.4 Å². The largest absolute Gasteiger partial charge is 0.383 e. The first-order valence-electron chi connectivity index (χ1n) is 6.56. The van der Waals surface area contributed by atoms with Gasteiger partial charge in [0.1, 0.15) is 4.33 Å². The number of alkyl halides is 2. The van der Waals surface area contributed by atoms with Crippen LogP contribution < -0.4 is 4.90 Å². The Bertz CT molecular complexity index is 641. The van der Waals surface area contributed by atoms with Crippen molar-refractivity contribution in [3.05, 3.63) is 24.3 Å². The fourth-order valence-electron chi connectivity index (χ4n) is 2.13. The number of anilines is 1. The second-order valence-corrected chi connectivity index (χ2v) is 7.52. The minimum absolute atomic E-state index is 0.0869. The van der Waals surface area contributed by atoms with Crippen molar-refractivity contribution in [2.24, 2.45) is 5.92 Å². The SMILES string of the molecule is COCCN(C(=O)C1CC1(Cl)Cl)c1nc2ccccc2s1. The van der Waals surface area contributed by atoms with Gasteiger partial charge in [0, 0.05) is 7.11 Å². The number of benzene rings is 1. The van der Waals surface area contributed by atoms with Gasteiger partial charge < -0.3 is 4.74 Å². The molecule has 3 rings (SSSR count). The summed E-state index contributed by atoms with van der Waals surface area (Å²) in [7, 11) is 1.60. The van der Waals surface area contributed by atoms with E-state index in [1.54, 1.807) is 12.0 Å². The molecule has 1 aliphatic rings. The average molecular weight is 345 g/mol. The van der Waals surface area contributed by atoms with E-state index in [1.165, 1.54) is 11.3 Å². The van der Waals surface area contributed by atoms with Crippen molar-refractivity contribution in [3.63, 3.8) is 0 Å². The number of aromatic nitrogens is 1. The highest BCUT2D eigenvalue weighted by atomic mass is 35.5. The van der Waals surface area contributed by atoms with Crippen molar-refractivity contribution >= 4 is 55.8 Å². The number of rotatable bonds is 5. The summed E-state index contributed by atoms with van der Waals surface area (Å²) in [5.74, 6) is -0.444. The van der Waals surface area contributed by atoms with Gasteiger partial charge >= 0.3 is 0 Å². The molecule has 21 heavy (non-hydrogen) atoms. The molecule has 1 aliphatic carbocycles. The van der Waals surface area contributed by atoms with Gasteiger partial charge in [0.15, 0.2) is 5.13 Å². The molecule has 0 saturated heterocycles. The quantitative estimate of drug-likeness (QED) is 0.780. The van der Waals surface area contributed by atoms with Crippen molar-refractivity contribution in [1.29, 1.82) is 0 Å². The van der Waals surface area contributed by atoms with Crippen molar-refractivity contribution in [2.45, 2.75) is 10.8 Å². The Labute approximate surface area is 136 Å². The molecular formula is C14H14Cl2N2O2S. The molecule has 7 heteroatoms. The number of thiazole rings is 1. The highest BCUT2D eigenvalue weighted by Gasteiger charge is 2.57. The molecular weight excluding hydrogens is 331 g/mol. The number of ether oxygens (including phenoxy) is 1. The molecule has 112 valence electrons. The summed E-state index contributed by atoms with van der Waals surface area (Å²) in [6.07, 6.45) is 0.489. The van der Waals surface area contributed by atoms with Gasteiger partial charge in [-0.2, -0.15) is 0 Å². The number of hydrogen-bond acceptors (Lipinski definition) is 4. The lowest BCUT2D eigenvalue weighted by Gasteiger charge is -2.19. The van der Waals surface area contributed by atoms with Crippen LogP contribution in [0.3, 0.4) is 0 Å². The fraction of sp³-hybridized carbons (Fsp3) is 0.429. The van der Waals surface area contributed by atoms with E-state index in [4.69, 9.17) is 27.9 Å². The predicted molar refractivity (Wildman–Crippen MR) is 86.4 cm³/mol. The first-order chi connectivity index (χ1) is 10.0. The molecule has 4 nitrogen and oxygen atoms in total. The highest BCUT2D eigenvalue weighted by Crippen LogP contribution is 2.54. The minimum atomic E-state index is -0.931. The number of para-hydroxylation sites is 1. The van der Waals surface area contributed by atoms with Crippen LogP contribution in [0.2, 0.25) is 0 Å². The lowest BCUT2D eigenvalue weighted by atomic mass is 10.3. The molecule has 1 atom stereocenters. The minimum Gasteiger partial charge on any atom is -0.383 e. The Kier molecular flexibility index (Phi) is 4.10. The Morgan fingerprint density at radius 2 is 2.24 bits per heavy atom. The number of carbonyl (C=O) groups excluding carboxylic acids is 1. The van der Waals surface area contributed by atoms with Gasteiger partial charge in [-0.05, 0) is 18.6 Å². The van der Waals surface area contributed by atoms with E-state index in [0.717, 1.165) is 10.2 Å². The summed E-state index contributed by atoms with van der Waals surface area (Å²) in [6.45, 7) is 0.876. The maximum atomic E-state index is 12.6. The van der Waals surface area contributed by atoms with Crippen LogP contribution in [0.15, 0.2) is 24.3 Å². The van der Waals surface area contributed by atoms with Crippen LogP contribution in [0, 0.1) is 5.92 Å². The number of nitrogens with zero attached hydrogens (tertiary/aromatic N) is 2. The molecule has 1 fully saturated rings. The van der Waals surface area contributed by atoms with Crippen LogP contribution in [-0.4, -0.2) is 35.5 Å². The van der Waals surface area contributed by atoms with E-state index in [0.29, 0.717) is 24.7 Å². The molecule has 1 saturated carbocycles. The molecule has 0 aliphatic heterocycles. The molecule has 1 aromatic carbocycles.